The van der Waals surface area contributed by atoms with Crippen LogP contribution in [-0.2, 0) is 0 Å². The van der Waals surface area contributed by atoms with Crippen LogP contribution in [0, 0.1) is 6.92 Å². The maximum Gasteiger partial charge on any atom is 0.125 e. The molecule has 5 heteroatoms. The van der Waals surface area contributed by atoms with E-state index < -0.39 is 0 Å². The second-order valence-electron chi connectivity index (χ2n) is 4.75. The number of aryl methyl sites for hydroxylation is 1. The van der Waals surface area contributed by atoms with Gasteiger partial charge in [0.05, 0.1) is 15.7 Å². The van der Waals surface area contributed by atoms with Crippen LogP contribution < -0.4 is 5.32 Å². The molecule has 0 bridgehead atoms. The summed E-state index contributed by atoms with van der Waals surface area (Å²) in [5.74, 6) is 0. The SMILES string of the molecule is CCCNC(C)c1sc(-c2cccc(Cl)c2Cl)nc1C. The summed E-state index contributed by atoms with van der Waals surface area (Å²) >= 11 is 14.0. The molecule has 1 atom stereocenters. The summed E-state index contributed by atoms with van der Waals surface area (Å²) in [6.07, 6.45) is 1.12. The monoisotopic (exact) mass is 328 g/mol. The van der Waals surface area contributed by atoms with Crippen LogP contribution in [0.3, 0.4) is 0 Å². The van der Waals surface area contributed by atoms with Gasteiger partial charge in [0.2, 0.25) is 0 Å². The van der Waals surface area contributed by atoms with Gasteiger partial charge in [0.1, 0.15) is 5.01 Å². The maximum absolute atomic E-state index is 6.27. The zero-order valence-corrected chi connectivity index (χ0v) is 14.2. The van der Waals surface area contributed by atoms with E-state index in [1.165, 1.54) is 4.88 Å². The second-order valence-corrected chi connectivity index (χ2v) is 6.56. The number of thiazole rings is 1. The fraction of sp³-hybridized carbons (Fsp3) is 0.400. The van der Waals surface area contributed by atoms with Gasteiger partial charge < -0.3 is 5.32 Å². The van der Waals surface area contributed by atoms with Crippen molar-refractivity contribution in [2.75, 3.05) is 6.54 Å². The van der Waals surface area contributed by atoms with Crippen molar-refractivity contribution in [3.63, 3.8) is 0 Å². The number of rotatable bonds is 5. The number of hydrogen-bond acceptors (Lipinski definition) is 3. The molecule has 2 nitrogen and oxygen atoms in total. The first-order chi connectivity index (χ1) is 9.54. The van der Waals surface area contributed by atoms with Crippen molar-refractivity contribution in [1.82, 2.24) is 10.3 Å². The number of hydrogen-bond donors (Lipinski definition) is 1. The van der Waals surface area contributed by atoms with Crippen LogP contribution in [0.15, 0.2) is 18.2 Å². The molecule has 1 heterocycles. The summed E-state index contributed by atoms with van der Waals surface area (Å²) in [7, 11) is 0. The molecule has 0 spiro atoms. The zero-order valence-electron chi connectivity index (χ0n) is 11.8. The van der Waals surface area contributed by atoms with Gasteiger partial charge in [-0.25, -0.2) is 4.98 Å². The van der Waals surface area contributed by atoms with E-state index in [-0.39, 0.29) is 0 Å². The third-order valence-corrected chi connectivity index (χ3v) is 5.30. The average Bonchev–Trinajstić information content (AvgIpc) is 2.81. The molecule has 1 N–H and O–H groups in total. The summed E-state index contributed by atoms with van der Waals surface area (Å²) in [6.45, 7) is 7.37. The highest BCUT2D eigenvalue weighted by Gasteiger charge is 2.17. The largest absolute Gasteiger partial charge is 0.309 e. The molecule has 1 aromatic carbocycles. The van der Waals surface area contributed by atoms with E-state index in [1.807, 2.05) is 19.1 Å². The van der Waals surface area contributed by atoms with E-state index in [1.54, 1.807) is 17.4 Å². The Kier molecular flexibility index (Phi) is 5.44. The molecule has 20 heavy (non-hydrogen) atoms. The van der Waals surface area contributed by atoms with Crippen LogP contribution in [-0.4, -0.2) is 11.5 Å². The van der Waals surface area contributed by atoms with Crippen LogP contribution in [0.4, 0.5) is 0 Å². The molecule has 1 aromatic heterocycles. The topological polar surface area (TPSA) is 24.9 Å². The zero-order chi connectivity index (χ0) is 14.7. The molecule has 0 saturated carbocycles. The first-order valence-electron chi connectivity index (χ1n) is 6.69. The second kappa shape index (κ2) is 6.90. The summed E-state index contributed by atoms with van der Waals surface area (Å²) in [5.41, 5.74) is 1.96. The van der Waals surface area contributed by atoms with Crippen molar-refractivity contribution in [3.8, 4) is 10.6 Å². The minimum absolute atomic E-state index is 0.305. The Morgan fingerprint density at radius 2 is 2.10 bits per heavy atom. The van der Waals surface area contributed by atoms with E-state index in [0.717, 1.165) is 29.2 Å². The van der Waals surface area contributed by atoms with Gasteiger partial charge in [0.25, 0.3) is 0 Å². The number of nitrogens with one attached hydrogen (secondary N) is 1. The van der Waals surface area contributed by atoms with Crippen molar-refractivity contribution >= 4 is 34.5 Å². The molecule has 0 aliphatic rings. The summed E-state index contributed by atoms with van der Waals surface area (Å²) in [4.78, 5) is 5.90. The van der Waals surface area contributed by atoms with Gasteiger partial charge >= 0.3 is 0 Å². The Morgan fingerprint density at radius 1 is 1.35 bits per heavy atom. The van der Waals surface area contributed by atoms with Gasteiger partial charge in [-0.3, -0.25) is 0 Å². The lowest BCUT2D eigenvalue weighted by Gasteiger charge is -2.11. The van der Waals surface area contributed by atoms with Gasteiger partial charge in [-0.1, -0.05) is 42.3 Å². The van der Waals surface area contributed by atoms with Crippen molar-refractivity contribution in [2.24, 2.45) is 0 Å². The van der Waals surface area contributed by atoms with Crippen LogP contribution in [0.2, 0.25) is 10.0 Å². The molecule has 2 aromatic rings. The Balaban J connectivity index is 2.33. The fourth-order valence-electron chi connectivity index (χ4n) is 2.05. The molecular weight excluding hydrogens is 311 g/mol. The van der Waals surface area contributed by atoms with E-state index in [9.17, 15) is 0 Å². The Hall–Kier alpha value is -0.610. The van der Waals surface area contributed by atoms with Gasteiger partial charge in [-0.15, -0.1) is 11.3 Å². The van der Waals surface area contributed by atoms with Crippen LogP contribution in [0.25, 0.3) is 10.6 Å². The summed E-state index contributed by atoms with van der Waals surface area (Å²) in [6, 6.07) is 5.96. The minimum Gasteiger partial charge on any atom is -0.309 e. The molecule has 108 valence electrons. The molecule has 0 saturated heterocycles. The van der Waals surface area contributed by atoms with Crippen molar-refractivity contribution in [2.45, 2.75) is 33.2 Å². The van der Waals surface area contributed by atoms with Gasteiger partial charge in [0.15, 0.2) is 0 Å². The third-order valence-electron chi connectivity index (χ3n) is 3.11. The van der Waals surface area contributed by atoms with Crippen LogP contribution in [0.5, 0.6) is 0 Å². The summed E-state index contributed by atoms with van der Waals surface area (Å²) < 4.78 is 0. The highest BCUT2D eigenvalue weighted by Crippen LogP contribution is 2.38. The predicted molar refractivity (Wildman–Crippen MR) is 89.0 cm³/mol. The Labute approximate surface area is 134 Å². The van der Waals surface area contributed by atoms with E-state index in [0.29, 0.717) is 16.1 Å². The predicted octanol–water partition coefficient (Wildman–Crippen LogP) is 5.49. The number of aromatic nitrogens is 1. The first kappa shape index (κ1) is 15.8. The molecular formula is C15H18Cl2N2S. The molecule has 2 rings (SSSR count). The number of halogens is 2. The van der Waals surface area contributed by atoms with Gasteiger partial charge in [0, 0.05) is 16.5 Å². The third kappa shape index (κ3) is 3.34. The number of nitrogens with zero attached hydrogens (tertiary/aromatic N) is 1. The molecule has 0 fully saturated rings. The number of benzene rings is 1. The first-order valence-corrected chi connectivity index (χ1v) is 8.27. The Morgan fingerprint density at radius 3 is 2.80 bits per heavy atom. The minimum atomic E-state index is 0.305. The molecule has 0 aliphatic carbocycles. The molecule has 0 radical (unpaired) electrons. The lowest BCUT2D eigenvalue weighted by molar-refractivity contribution is 0.575. The fourth-order valence-corrected chi connectivity index (χ4v) is 3.62. The summed E-state index contributed by atoms with van der Waals surface area (Å²) in [5, 5.41) is 5.56. The van der Waals surface area contributed by atoms with Crippen molar-refractivity contribution < 1.29 is 0 Å². The van der Waals surface area contributed by atoms with E-state index in [2.05, 4.69) is 24.1 Å². The highest BCUT2D eigenvalue weighted by molar-refractivity contribution is 7.15. The highest BCUT2D eigenvalue weighted by atomic mass is 35.5. The van der Waals surface area contributed by atoms with Crippen molar-refractivity contribution in [1.29, 1.82) is 0 Å². The quantitative estimate of drug-likeness (QED) is 0.785. The normalized spacial score (nSPS) is 12.7. The lowest BCUT2D eigenvalue weighted by atomic mass is 10.2. The lowest BCUT2D eigenvalue weighted by Crippen LogP contribution is -2.18. The van der Waals surface area contributed by atoms with Crippen LogP contribution >= 0.6 is 34.5 Å². The van der Waals surface area contributed by atoms with Gasteiger partial charge in [-0.2, -0.15) is 0 Å². The van der Waals surface area contributed by atoms with E-state index in [4.69, 9.17) is 23.2 Å². The van der Waals surface area contributed by atoms with Crippen molar-refractivity contribution in [3.05, 3.63) is 38.8 Å². The molecule has 0 amide bonds. The molecule has 1 unspecified atom stereocenters. The molecule has 0 aliphatic heterocycles. The standard InChI is InChI=1S/C15H18Cl2N2S/c1-4-8-18-9(2)14-10(3)19-15(20-14)11-6-5-7-12(16)13(11)17/h5-7,9,18H,4,8H2,1-3H3. The smallest absolute Gasteiger partial charge is 0.125 e. The van der Waals surface area contributed by atoms with Gasteiger partial charge in [-0.05, 0) is 32.9 Å². The van der Waals surface area contributed by atoms with E-state index >= 15 is 0 Å². The van der Waals surface area contributed by atoms with Crippen LogP contribution in [0.1, 0.15) is 36.9 Å². The Bertz CT molecular complexity index is 596. The maximum atomic E-state index is 6.27. The average molecular weight is 329 g/mol.